The average molecular weight is 838 g/mol. The smallest absolute Gasteiger partial charge is 0.245 e. The van der Waals surface area contributed by atoms with Gasteiger partial charge in [-0.15, -0.1) is 0 Å². The van der Waals surface area contributed by atoms with Crippen molar-refractivity contribution in [2.45, 2.75) is 130 Å². The minimum absolute atomic E-state index is 0.00645. The third kappa shape index (κ3) is 9.40. The summed E-state index contributed by atoms with van der Waals surface area (Å²) >= 11 is 0. The molecule has 3 N–H and O–H groups in total. The predicted octanol–water partition coefficient (Wildman–Crippen LogP) is 7.05. The van der Waals surface area contributed by atoms with E-state index in [1.807, 2.05) is 27.7 Å². The lowest BCUT2D eigenvalue weighted by Gasteiger charge is -2.32. The van der Waals surface area contributed by atoms with Gasteiger partial charge in [0.1, 0.15) is 35.8 Å². The van der Waals surface area contributed by atoms with Crippen LogP contribution < -0.4 is 10.6 Å². The number of Topliss-reactive ketones (excluding diaryl/α,β-unsaturated/α-hetero) is 1. The van der Waals surface area contributed by atoms with E-state index in [4.69, 9.17) is 4.98 Å². The van der Waals surface area contributed by atoms with E-state index in [0.717, 1.165) is 0 Å². The van der Waals surface area contributed by atoms with E-state index < -0.39 is 60.0 Å². The molecule has 2 saturated heterocycles. The Kier molecular flexibility index (Phi) is 14.1. The van der Waals surface area contributed by atoms with Gasteiger partial charge in [-0.3, -0.25) is 19.2 Å². The number of likely N-dealkylation sites (tertiary alicyclic amines) is 2. The number of ketones is 1. The van der Waals surface area contributed by atoms with Crippen molar-refractivity contribution in [1.29, 1.82) is 0 Å². The van der Waals surface area contributed by atoms with Crippen LogP contribution in [-0.4, -0.2) is 104 Å². The van der Waals surface area contributed by atoms with Gasteiger partial charge in [0.25, 0.3) is 0 Å². The normalized spacial score (nSPS) is 21.5. The number of amides is 3. The quantitative estimate of drug-likeness (QED) is 0.0978. The summed E-state index contributed by atoms with van der Waals surface area (Å²) in [5, 5.41) is 6.45. The maximum absolute atomic E-state index is 15.5. The molecule has 2 fully saturated rings. The highest BCUT2D eigenvalue weighted by Gasteiger charge is 2.42. The van der Waals surface area contributed by atoms with Gasteiger partial charge in [-0.1, -0.05) is 41.0 Å². The number of carbonyl (C=O) groups is 4. The molecule has 3 amide bonds. The topological polar surface area (TPSA) is 132 Å². The highest BCUT2D eigenvalue weighted by Crippen LogP contribution is 2.38. The Balaban J connectivity index is 1.41. The third-order valence-corrected chi connectivity index (χ3v) is 12.6. The number of hydrogen-bond acceptors (Lipinski definition) is 6. The summed E-state index contributed by atoms with van der Waals surface area (Å²) in [7, 11) is 1.68. The van der Waals surface area contributed by atoms with Crippen molar-refractivity contribution >= 4 is 45.4 Å². The van der Waals surface area contributed by atoms with Crippen LogP contribution >= 0.6 is 0 Å². The molecule has 8 atom stereocenters. The number of fused-ring (bicyclic) bond motifs is 2. The lowest BCUT2D eigenvalue weighted by atomic mass is 9.92. The van der Waals surface area contributed by atoms with Crippen LogP contribution in [0.25, 0.3) is 33.5 Å². The fourth-order valence-corrected chi connectivity index (χ4v) is 8.83. The molecule has 2 aromatic carbocycles. The number of aromatic amines is 1. The van der Waals surface area contributed by atoms with Crippen molar-refractivity contribution in [1.82, 2.24) is 35.0 Å². The fourth-order valence-electron chi connectivity index (χ4n) is 8.83. The fraction of sp³-hybridized carbons (Fsp3) is 0.578. The Morgan fingerprint density at radius 2 is 1.55 bits per heavy atom. The van der Waals surface area contributed by atoms with Crippen molar-refractivity contribution in [3.63, 3.8) is 0 Å². The van der Waals surface area contributed by atoms with Gasteiger partial charge in [-0.05, 0) is 75.0 Å². The van der Waals surface area contributed by atoms with Gasteiger partial charge in [-0.2, -0.15) is 0 Å². The molecule has 4 aromatic rings. The molecule has 0 radical (unpaired) electrons. The van der Waals surface area contributed by atoms with Crippen molar-refractivity contribution in [2.24, 2.45) is 17.8 Å². The molecule has 326 valence electrons. The van der Waals surface area contributed by atoms with Crippen molar-refractivity contribution in [3.05, 3.63) is 53.6 Å². The summed E-state index contributed by atoms with van der Waals surface area (Å²) in [5.74, 6) is -3.02. The first kappa shape index (κ1) is 44.8. The van der Waals surface area contributed by atoms with Gasteiger partial charge < -0.3 is 30.0 Å². The monoisotopic (exact) mass is 837 g/mol. The van der Waals surface area contributed by atoms with E-state index in [1.165, 1.54) is 29.2 Å². The van der Waals surface area contributed by atoms with Crippen LogP contribution in [0.4, 0.5) is 17.6 Å². The molecule has 15 heteroatoms. The first-order chi connectivity index (χ1) is 28.5. The Bertz CT molecular complexity index is 2210. The summed E-state index contributed by atoms with van der Waals surface area (Å²) in [4.78, 5) is 65.6. The van der Waals surface area contributed by atoms with Crippen LogP contribution in [-0.2, 0) is 32.1 Å². The number of rotatable bonds is 17. The van der Waals surface area contributed by atoms with Crippen LogP contribution in [0, 0.1) is 29.4 Å². The summed E-state index contributed by atoms with van der Waals surface area (Å²) < 4.78 is 62.4. The second-order valence-electron chi connectivity index (χ2n) is 17.2. The predicted molar refractivity (Wildman–Crippen MR) is 223 cm³/mol. The maximum Gasteiger partial charge on any atom is 0.245 e. The molecule has 2 aliphatic rings. The van der Waals surface area contributed by atoms with Crippen LogP contribution in [0.1, 0.15) is 85.6 Å². The summed E-state index contributed by atoms with van der Waals surface area (Å²) in [6, 6.07) is 5.77. The molecule has 4 heterocycles. The van der Waals surface area contributed by atoms with Gasteiger partial charge >= 0.3 is 0 Å². The maximum atomic E-state index is 15.5. The number of imidazole rings is 1. The van der Waals surface area contributed by atoms with Gasteiger partial charge in [0, 0.05) is 60.7 Å². The number of likely N-dealkylation sites (N-methyl/N-ethyl adjacent to an activating group) is 1. The Hall–Kier alpha value is -4.79. The number of H-pyrrole nitrogens is 1. The zero-order valence-corrected chi connectivity index (χ0v) is 35.7. The van der Waals surface area contributed by atoms with E-state index >= 15 is 8.78 Å². The van der Waals surface area contributed by atoms with Crippen LogP contribution in [0.15, 0.2) is 36.4 Å². The molecular formula is C45H59F4N7O4. The lowest BCUT2D eigenvalue weighted by Crippen LogP contribution is -2.54. The van der Waals surface area contributed by atoms with Crippen LogP contribution in [0.2, 0.25) is 0 Å². The molecule has 0 spiro atoms. The second kappa shape index (κ2) is 18.9. The second-order valence-corrected chi connectivity index (χ2v) is 17.2. The number of aromatic nitrogens is 3. The van der Waals surface area contributed by atoms with Crippen molar-refractivity contribution in [3.8, 4) is 11.5 Å². The SMILES string of the molecule is CCCC(CC(=O)C(C)NC)C(=O)N1CC(F)CC1Cc1c(-c2nc3cc(F)ccc3n2CC2CC(F)CN2C(=O)C(NC(=O)C(C)CC)C(C)C)[nH]c2cc(F)ccc12. The third-order valence-electron chi connectivity index (χ3n) is 12.6. The number of halogens is 4. The molecule has 6 rings (SSSR count). The number of benzene rings is 2. The molecule has 8 unspecified atom stereocenters. The minimum Gasteiger partial charge on any atom is -0.352 e. The minimum atomic E-state index is -1.34. The number of nitrogens with zero attached hydrogens (tertiary/aromatic N) is 4. The summed E-state index contributed by atoms with van der Waals surface area (Å²) in [5.41, 5.74) is 2.27. The Morgan fingerprint density at radius 1 is 0.900 bits per heavy atom. The van der Waals surface area contributed by atoms with Gasteiger partial charge in [0.05, 0.1) is 41.9 Å². The summed E-state index contributed by atoms with van der Waals surface area (Å²) in [6.45, 7) is 10.7. The molecule has 2 aromatic heterocycles. The Morgan fingerprint density at radius 3 is 2.20 bits per heavy atom. The van der Waals surface area contributed by atoms with Gasteiger partial charge in [0.15, 0.2) is 5.82 Å². The van der Waals surface area contributed by atoms with E-state index in [-0.39, 0.29) is 74.8 Å². The largest absolute Gasteiger partial charge is 0.352 e. The number of hydrogen-bond donors (Lipinski definition) is 3. The number of carbonyl (C=O) groups excluding carboxylic acids is 4. The molecule has 2 aliphatic heterocycles. The first-order valence-electron chi connectivity index (χ1n) is 21.4. The van der Waals surface area contributed by atoms with Crippen molar-refractivity contribution < 1.29 is 36.7 Å². The Labute approximate surface area is 349 Å². The molecule has 11 nitrogen and oxygen atoms in total. The average Bonchev–Trinajstić information content (AvgIpc) is 3.97. The molecule has 0 bridgehead atoms. The lowest BCUT2D eigenvalue weighted by molar-refractivity contribution is -0.139. The van der Waals surface area contributed by atoms with E-state index in [1.54, 1.807) is 42.5 Å². The number of alkyl halides is 2. The van der Waals surface area contributed by atoms with Crippen molar-refractivity contribution in [2.75, 3.05) is 20.1 Å². The van der Waals surface area contributed by atoms with Gasteiger partial charge in [-0.25, -0.2) is 22.5 Å². The molecule has 0 aliphatic carbocycles. The molecule has 60 heavy (non-hydrogen) atoms. The highest BCUT2D eigenvalue weighted by atomic mass is 19.1. The van der Waals surface area contributed by atoms with Crippen LogP contribution in [0.5, 0.6) is 0 Å². The summed E-state index contributed by atoms with van der Waals surface area (Å²) in [6.07, 6.45) is -0.725. The van der Waals surface area contributed by atoms with E-state index in [0.29, 0.717) is 58.3 Å². The zero-order chi connectivity index (χ0) is 43.6. The zero-order valence-electron chi connectivity index (χ0n) is 35.7. The highest BCUT2D eigenvalue weighted by molar-refractivity contribution is 5.93. The van der Waals surface area contributed by atoms with E-state index in [9.17, 15) is 28.0 Å². The van der Waals surface area contributed by atoms with Crippen LogP contribution in [0.3, 0.4) is 0 Å². The molecular weight excluding hydrogens is 779 g/mol. The van der Waals surface area contributed by atoms with Gasteiger partial charge in [0.2, 0.25) is 17.7 Å². The van der Waals surface area contributed by atoms with E-state index in [2.05, 4.69) is 15.6 Å². The standard InChI is InChI=1S/C45H59F4N7O4/c1-8-10-27(15-39(57)26(6)50-7)44(59)54-21-30(48)16-32(54)20-35-34-13-11-28(46)18-36(34)51-41(35)42-52-37-19-29(47)12-14-38(37)56(42)23-33-17-31(49)22-55(33)45(60)40(24(3)4)53-43(58)25(5)9-2/h11-14,18-19,24-27,30-33,40,50-51H,8-10,15-17,20-23H2,1-7H3,(H,53,58). The number of nitrogens with one attached hydrogen (secondary N) is 3. The molecule has 0 saturated carbocycles. The first-order valence-corrected chi connectivity index (χ1v) is 21.4.